The van der Waals surface area contributed by atoms with Gasteiger partial charge in [0.1, 0.15) is 5.54 Å². The first kappa shape index (κ1) is 13.7. The summed E-state index contributed by atoms with van der Waals surface area (Å²) in [6.45, 7) is 3.60. The molecule has 4 heteroatoms. The molecule has 3 amide bonds. The first-order valence-electron chi connectivity index (χ1n) is 7.22. The van der Waals surface area contributed by atoms with Gasteiger partial charge in [0, 0.05) is 0 Å². The molecule has 0 radical (unpaired) electrons. The molecule has 3 rings (SSSR count). The van der Waals surface area contributed by atoms with Gasteiger partial charge in [-0.2, -0.15) is 0 Å². The van der Waals surface area contributed by atoms with Crippen molar-refractivity contribution >= 4 is 11.9 Å². The predicted molar refractivity (Wildman–Crippen MR) is 79.5 cm³/mol. The molecule has 1 saturated heterocycles. The Morgan fingerprint density at radius 2 is 2.05 bits per heavy atom. The molecule has 1 fully saturated rings. The molecule has 1 aliphatic heterocycles. The third-order valence-electron chi connectivity index (χ3n) is 4.36. The second kappa shape index (κ2) is 4.92. The van der Waals surface area contributed by atoms with Gasteiger partial charge in [0.15, 0.2) is 0 Å². The molecule has 1 aromatic rings. The van der Waals surface area contributed by atoms with Gasteiger partial charge in [0.2, 0.25) is 0 Å². The summed E-state index contributed by atoms with van der Waals surface area (Å²) in [7, 11) is 0. The molecular weight excluding hydrogens is 264 g/mol. The maximum absolute atomic E-state index is 12.6. The topological polar surface area (TPSA) is 49.4 Å². The van der Waals surface area contributed by atoms with E-state index in [1.165, 1.54) is 16.0 Å². The SMILES string of the molecule is CC#CCN1C(=O)NC(C)(c2ccc3c(c2)CCC3)C1=O. The van der Waals surface area contributed by atoms with Gasteiger partial charge in [-0.05, 0) is 49.8 Å². The molecule has 1 N–H and O–H groups in total. The standard InChI is InChI=1S/C17H18N2O2/c1-3-4-10-19-15(20)17(2,18-16(19)21)14-9-8-12-6-5-7-13(12)11-14/h8-9,11H,5-7,10H2,1-2H3,(H,18,21). The Balaban J connectivity index is 1.95. The monoisotopic (exact) mass is 282 g/mol. The maximum atomic E-state index is 12.6. The van der Waals surface area contributed by atoms with E-state index >= 15 is 0 Å². The van der Waals surface area contributed by atoms with E-state index in [9.17, 15) is 9.59 Å². The highest BCUT2D eigenvalue weighted by Gasteiger charge is 2.48. The Morgan fingerprint density at radius 1 is 1.29 bits per heavy atom. The lowest BCUT2D eigenvalue weighted by molar-refractivity contribution is -0.130. The zero-order chi connectivity index (χ0) is 15.0. The molecule has 0 bridgehead atoms. The van der Waals surface area contributed by atoms with Crippen molar-refractivity contribution in [2.45, 2.75) is 38.6 Å². The van der Waals surface area contributed by atoms with E-state index in [0.717, 1.165) is 24.8 Å². The first-order chi connectivity index (χ1) is 10.1. The second-order valence-corrected chi connectivity index (χ2v) is 5.71. The molecule has 0 aromatic heterocycles. The Bertz CT molecular complexity index is 684. The average molecular weight is 282 g/mol. The van der Waals surface area contributed by atoms with Crippen molar-refractivity contribution in [1.29, 1.82) is 0 Å². The molecule has 0 saturated carbocycles. The summed E-state index contributed by atoms with van der Waals surface area (Å²) in [5.74, 6) is 5.26. The van der Waals surface area contributed by atoms with Crippen LogP contribution < -0.4 is 5.32 Å². The van der Waals surface area contributed by atoms with Gasteiger partial charge < -0.3 is 5.32 Å². The van der Waals surface area contributed by atoms with Gasteiger partial charge >= 0.3 is 6.03 Å². The van der Waals surface area contributed by atoms with E-state index in [-0.39, 0.29) is 18.5 Å². The number of rotatable bonds is 2. The Labute approximate surface area is 124 Å². The van der Waals surface area contributed by atoms with Crippen LogP contribution in [0.15, 0.2) is 18.2 Å². The molecule has 2 aliphatic rings. The number of aryl methyl sites for hydroxylation is 2. The van der Waals surface area contributed by atoms with Crippen molar-refractivity contribution in [3.05, 3.63) is 34.9 Å². The van der Waals surface area contributed by atoms with Crippen LogP contribution in [0.2, 0.25) is 0 Å². The molecule has 1 unspecified atom stereocenters. The van der Waals surface area contributed by atoms with Crippen molar-refractivity contribution in [3.63, 3.8) is 0 Å². The number of nitrogens with zero attached hydrogens (tertiary/aromatic N) is 1. The second-order valence-electron chi connectivity index (χ2n) is 5.71. The summed E-state index contributed by atoms with van der Waals surface area (Å²) in [4.78, 5) is 25.8. The molecule has 21 heavy (non-hydrogen) atoms. The summed E-state index contributed by atoms with van der Waals surface area (Å²) >= 11 is 0. The largest absolute Gasteiger partial charge is 0.326 e. The number of nitrogens with one attached hydrogen (secondary N) is 1. The highest BCUT2D eigenvalue weighted by molar-refractivity contribution is 6.07. The van der Waals surface area contributed by atoms with Crippen LogP contribution in [0.4, 0.5) is 4.79 Å². The smallest absolute Gasteiger partial charge is 0.319 e. The minimum absolute atomic E-state index is 0.141. The molecule has 1 aliphatic carbocycles. The fourth-order valence-electron chi connectivity index (χ4n) is 3.08. The number of carbonyl (C=O) groups is 2. The minimum Gasteiger partial charge on any atom is -0.319 e. The maximum Gasteiger partial charge on any atom is 0.326 e. The number of imide groups is 1. The number of hydrogen-bond acceptors (Lipinski definition) is 2. The van der Waals surface area contributed by atoms with E-state index in [2.05, 4.69) is 29.3 Å². The van der Waals surface area contributed by atoms with Crippen LogP contribution in [0.5, 0.6) is 0 Å². The van der Waals surface area contributed by atoms with Gasteiger partial charge in [-0.3, -0.25) is 9.69 Å². The van der Waals surface area contributed by atoms with Gasteiger partial charge in [-0.25, -0.2) is 4.79 Å². The molecule has 0 spiro atoms. The number of carbonyl (C=O) groups excluding carboxylic acids is 2. The third kappa shape index (κ3) is 2.09. The molecular formula is C17H18N2O2. The predicted octanol–water partition coefficient (Wildman–Crippen LogP) is 1.97. The molecule has 108 valence electrons. The normalized spacial score (nSPS) is 23.6. The third-order valence-corrected chi connectivity index (χ3v) is 4.36. The zero-order valence-electron chi connectivity index (χ0n) is 12.3. The fraction of sp³-hybridized carbons (Fsp3) is 0.412. The number of benzene rings is 1. The van der Waals surface area contributed by atoms with Crippen LogP contribution in [0.25, 0.3) is 0 Å². The number of amides is 3. The quantitative estimate of drug-likeness (QED) is 0.666. The van der Waals surface area contributed by atoms with E-state index in [0.29, 0.717) is 0 Å². The van der Waals surface area contributed by atoms with Crippen LogP contribution in [0.3, 0.4) is 0 Å². The van der Waals surface area contributed by atoms with Crippen LogP contribution in [-0.4, -0.2) is 23.4 Å². The Hall–Kier alpha value is -2.28. The summed E-state index contributed by atoms with van der Waals surface area (Å²) in [5, 5.41) is 2.82. The number of fused-ring (bicyclic) bond motifs is 1. The zero-order valence-corrected chi connectivity index (χ0v) is 12.3. The van der Waals surface area contributed by atoms with E-state index in [1.54, 1.807) is 13.8 Å². The summed E-state index contributed by atoms with van der Waals surface area (Å²) in [5.41, 5.74) is 2.52. The molecule has 1 atom stereocenters. The highest BCUT2D eigenvalue weighted by atomic mass is 16.2. The van der Waals surface area contributed by atoms with Gasteiger partial charge in [0.05, 0.1) is 6.54 Å². The van der Waals surface area contributed by atoms with Crippen LogP contribution in [0, 0.1) is 11.8 Å². The Morgan fingerprint density at radius 3 is 2.81 bits per heavy atom. The lowest BCUT2D eigenvalue weighted by Gasteiger charge is -2.22. The lowest BCUT2D eigenvalue weighted by Crippen LogP contribution is -2.41. The van der Waals surface area contributed by atoms with Crippen LogP contribution in [-0.2, 0) is 23.2 Å². The van der Waals surface area contributed by atoms with E-state index < -0.39 is 5.54 Å². The van der Waals surface area contributed by atoms with Crippen molar-refractivity contribution in [1.82, 2.24) is 10.2 Å². The summed E-state index contributed by atoms with van der Waals surface area (Å²) in [6.07, 6.45) is 3.31. The number of urea groups is 1. The van der Waals surface area contributed by atoms with Crippen LogP contribution >= 0.6 is 0 Å². The van der Waals surface area contributed by atoms with Gasteiger partial charge in [-0.1, -0.05) is 24.1 Å². The van der Waals surface area contributed by atoms with Gasteiger partial charge in [-0.15, -0.1) is 5.92 Å². The average Bonchev–Trinajstić information content (AvgIpc) is 3.01. The molecule has 1 aromatic carbocycles. The van der Waals surface area contributed by atoms with Crippen molar-refractivity contribution < 1.29 is 9.59 Å². The summed E-state index contributed by atoms with van der Waals surface area (Å²) < 4.78 is 0. The highest BCUT2D eigenvalue weighted by Crippen LogP contribution is 2.32. The van der Waals surface area contributed by atoms with Gasteiger partial charge in [0.25, 0.3) is 5.91 Å². The number of hydrogen-bond donors (Lipinski definition) is 1. The van der Waals surface area contributed by atoms with Crippen LogP contribution in [0.1, 0.15) is 37.0 Å². The Kier molecular flexibility index (Phi) is 3.21. The van der Waals surface area contributed by atoms with E-state index in [1.807, 2.05) is 6.07 Å². The summed E-state index contributed by atoms with van der Waals surface area (Å²) in [6, 6.07) is 5.73. The molecule has 1 heterocycles. The van der Waals surface area contributed by atoms with E-state index in [4.69, 9.17) is 0 Å². The van der Waals surface area contributed by atoms with Crippen molar-refractivity contribution in [2.75, 3.05) is 6.54 Å². The lowest BCUT2D eigenvalue weighted by atomic mass is 9.90. The first-order valence-corrected chi connectivity index (χ1v) is 7.22. The fourth-order valence-corrected chi connectivity index (χ4v) is 3.08. The molecule has 4 nitrogen and oxygen atoms in total. The van der Waals surface area contributed by atoms with Crippen molar-refractivity contribution in [3.8, 4) is 11.8 Å². The van der Waals surface area contributed by atoms with Crippen molar-refractivity contribution in [2.24, 2.45) is 0 Å². The minimum atomic E-state index is -0.982.